The van der Waals surface area contributed by atoms with Gasteiger partial charge in [0.15, 0.2) is 5.96 Å². The van der Waals surface area contributed by atoms with Gasteiger partial charge in [-0.05, 0) is 24.5 Å². The van der Waals surface area contributed by atoms with Gasteiger partial charge in [-0.25, -0.2) is 4.98 Å². The van der Waals surface area contributed by atoms with Crippen LogP contribution in [-0.2, 0) is 17.9 Å². The van der Waals surface area contributed by atoms with E-state index in [4.69, 9.17) is 5.73 Å². The molecule has 8 nitrogen and oxygen atoms in total. The molecule has 0 radical (unpaired) electrons. The number of nitrogens with one attached hydrogen (secondary N) is 1. The SMILES string of the molecule is CN=C(NCc1cccnc1N1CCC(C(N)=O)CC1)N1CCN(Cc2ccccc2)CC1. The number of piperidine rings is 1. The number of piperazine rings is 1. The van der Waals surface area contributed by atoms with Gasteiger partial charge in [-0.2, -0.15) is 0 Å². The van der Waals surface area contributed by atoms with Gasteiger partial charge in [0.05, 0.1) is 0 Å². The van der Waals surface area contributed by atoms with E-state index in [9.17, 15) is 4.79 Å². The Labute approximate surface area is 196 Å². The van der Waals surface area contributed by atoms with E-state index in [-0.39, 0.29) is 11.8 Å². The smallest absolute Gasteiger partial charge is 0.220 e. The molecule has 1 aromatic heterocycles. The lowest BCUT2D eigenvalue weighted by molar-refractivity contribution is -0.122. The molecule has 0 atom stereocenters. The van der Waals surface area contributed by atoms with Gasteiger partial charge in [0.25, 0.3) is 0 Å². The number of carbonyl (C=O) groups is 1. The van der Waals surface area contributed by atoms with Crippen molar-refractivity contribution in [2.75, 3.05) is 51.2 Å². The summed E-state index contributed by atoms with van der Waals surface area (Å²) in [5.41, 5.74) is 7.99. The predicted octanol–water partition coefficient (Wildman–Crippen LogP) is 1.68. The Balaban J connectivity index is 1.30. The third kappa shape index (κ3) is 6.01. The molecule has 2 saturated heterocycles. The maximum absolute atomic E-state index is 11.5. The second kappa shape index (κ2) is 11.1. The van der Waals surface area contributed by atoms with Gasteiger partial charge in [-0.15, -0.1) is 0 Å². The van der Waals surface area contributed by atoms with Gasteiger partial charge in [-0.3, -0.25) is 14.7 Å². The Morgan fingerprint density at radius 1 is 1.06 bits per heavy atom. The minimum Gasteiger partial charge on any atom is -0.369 e. The summed E-state index contributed by atoms with van der Waals surface area (Å²) in [5.74, 6) is 1.70. The van der Waals surface area contributed by atoms with E-state index in [1.54, 1.807) is 0 Å². The van der Waals surface area contributed by atoms with Crippen molar-refractivity contribution in [1.29, 1.82) is 0 Å². The third-order valence-corrected chi connectivity index (χ3v) is 6.63. The largest absolute Gasteiger partial charge is 0.369 e. The van der Waals surface area contributed by atoms with Crippen LogP contribution >= 0.6 is 0 Å². The average Bonchev–Trinajstić information content (AvgIpc) is 2.86. The number of anilines is 1. The summed E-state index contributed by atoms with van der Waals surface area (Å²) in [6.07, 6.45) is 3.40. The highest BCUT2D eigenvalue weighted by Gasteiger charge is 2.25. The molecule has 3 heterocycles. The van der Waals surface area contributed by atoms with Crippen LogP contribution in [0.5, 0.6) is 0 Å². The number of rotatable bonds is 6. The molecule has 2 aliphatic heterocycles. The maximum Gasteiger partial charge on any atom is 0.220 e. The van der Waals surface area contributed by atoms with Gasteiger partial charge in [0.2, 0.25) is 5.91 Å². The lowest BCUT2D eigenvalue weighted by Gasteiger charge is -2.37. The standard InChI is InChI=1S/C25H35N7O/c1-27-25(32-16-14-30(15-17-32)19-20-6-3-2-4-7-20)29-18-22-8-5-11-28-24(22)31-12-9-21(10-13-31)23(26)33/h2-8,11,21H,9-10,12-19H2,1H3,(H2,26,33)(H,27,29). The summed E-state index contributed by atoms with van der Waals surface area (Å²) >= 11 is 0. The molecular formula is C25H35N7O. The van der Waals surface area contributed by atoms with E-state index in [0.29, 0.717) is 6.54 Å². The fraction of sp³-hybridized carbons (Fsp3) is 0.480. The molecule has 0 saturated carbocycles. The zero-order valence-corrected chi connectivity index (χ0v) is 19.5. The predicted molar refractivity (Wildman–Crippen MR) is 132 cm³/mol. The molecule has 8 heteroatoms. The van der Waals surface area contributed by atoms with Crippen molar-refractivity contribution in [3.05, 3.63) is 59.8 Å². The molecule has 176 valence electrons. The number of hydrogen-bond acceptors (Lipinski definition) is 5. The van der Waals surface area contributed by atoms with Crippen molar-refractivity contribution < 1.29 is 4.79 Å². The highest BCUT2D eigenvalue weighted by atomic mass is 16.1. The van der Waals surface area contributed by atoms with Crippen LogP contribution in [0, 0.1) is 5.92 Å². The Bertz CT molecular complexity index is 933. The first-order chi connectivity index (χ1) is 16.1. The summed E-state index contributed by atoms with van der Waals surface area (Å²) in [7, 11) is 1.84. The number of aromatic nitrogens is 1. The molecule has 0 spiro atoms. The Hall–Kier alpha value is -3.13. The van der Waals surface area contributed by atoms with Gasteiger partial charge < -0.3 is 20.9 Å². The van der Waals surface area contributed by atoms with E-state index in [0.717, 1.165) is 76.0 Å². The number of hydrogen-bond donors (Lipinski definition) is 2. The molecule has 2 aliphatic rings. The van der Waals surface area contributed by atoms with Crippen LogP contribution in [0.25, 0.3) is 0 Å². The second-order valence-corrected chi connectivity index (χ2v) is 8.80. The lowest BCUT2D eigenvalue weighted by Crippen LogP contribution is -2.52. The minimum absolute atomic E-state index is 0.0223. The summed E-state index contributed by atoms with van der Waals surface area (Å²) in [6, 6.07) is 14.7. The number of benzene rings is 1. The molecule has 1 amide bonds. The highest BCUT2D eigenvalue weighted by molar-refractivity contribution is 5.80. The molecular weight excluding hydrogens is 414 g/mol. The van der Waals surface area contributed by atoms with Crippen molar-refractivity contribution in [3.8, 4) is 0 Å². The van der Waals surface area contributed by atoms with Crippen molar-refractivity contribution in [2.24, 2.45) is 16.6 Å². The number of pyridine rings is 1. The topological polar surface area (TPSA) is 90.1 Å². The molecule has 0 bridgehead atoms. The van der Waals surface area contributed by atoms with Crippen LogP contribution in [0.4, 0.5) is 5.82 Å². The number of amides is 1. The van der Waals surface area contributed by atoms with E-state index < -0.39 is 0 Å². The van der Waals surface area contributed by atoms with E-state index in [2.05, 4.69) is 66.4 Å². The molecule has 3 N–H and O–H groups in total. The van der Waals surface area contributed by atoms with Crippen LogP contribution < -0.4 is 16.0 Å². The molecule has 0 aliphatic carbocycles. The summed E-state index contributed by atoms with van der Waals surface area (Å²) in [6.45, 7) is 7.19. The number of carbonyl (C=O) groups excluding carboxylic acids is 1. The molecule has 0 unspecified atom stereocenters. The third-order valence-electron chi connectivity index (χ3n) is 6.63. The van der Waals surface area contributed by atoms with E-state index in [1.165, 1.54) is 5.56 Å². The molecule has 4 rings (SSSR count). The quantitative estimate of drug-likeness (QED) is 0.515. The fourth-order valence-electron chi connectivity index (χ4n) is 4.69. The first-order valence-corrected chi connectivity index (χ1v) is 11.8. The normalized spacial score (nSPS) is 18.4. The van der Waals surface area contributed by atoms with Crippen LogP contribution in [0.3, 0.4) is 0 Å². The molecule has 33 heavy (non-hydrogen) atoms. The molecule has 1 aromatic carbocycles. The monoisotopic (exact) mass is 449 g/mol. The molecule has 2 fully saturated rings. The van der Waals surface area contributed by atoms with Crippen molar-refractivity contribution in [2.45, 2.75) is 25.9 Å². The van der Waals surface area contributed by atoms with Gasteiger partial charge >= 0.3 is 0 Å². The van der Waals surface area contributed by atoms with Crippen molar-refractivity contribution in [3.63, 3.8) is 0 Å². The minimum atomic E-state index is -0.190. The summed E-state index contributed by atoms with van der Waals surface area (Å²) in [5, 5.41) is 3.54. The van der Waals surface area contributed by atoms with Crippen molar-refractivity contribution in [1.82, 2.24) is 20.1 Å². The molecule has 2 aromatic rings. The highest BCUT2D eigenvalue weighted by Crippen LogP contribution is 2.24. The second-order valence-electron chi connectivity index (χ2n) is 8.80. The Morgan fingerprint density at radius 3 is 2.45 bits per heavy atom. The number of guanidine groups is 1. The van der Waals surface area contributed by atoms with E-state index >= 15 is 0 Å². The zero-order chi connectivity index (χ0) is 23.0. The van der Waals surface area contributed by atoms with Gasteiger partial charge in [-0.1, -0.05) is 36.4 Å². The average molecular weight is 450 g/mol. The van der Waals surface area contributed by atoms with Gasteiger partial charge in [0.1, 0.15) is 5.82 Å². The number of nitrogens with zero attached hydrogens (tertiary/aromatic N) is 5. The number of aliphatic imine (C=N–C) groups is 1. The van der Waals surface area contributed by atoms with E-state index in [1.807, 2.05) is 19.3 Å². The fourth-order valence-corrected chi connectivity index (χ4v) is 4.69. The Morgan fingerprint density at radius 2 is 1.79 bits per heavy atom. The van der Waals surface area contributed by atoms with Crippen molar-refractivity contribution >= 4 is 17.7 Å². The van der Waals surface area contributed by atoms with Crippen LogP contribution in [-0.4, -0.2) is 73.0 Å². The van der Waals surface area contributed by atoms with Crippen LogP contribution in [0.2, 0.25) is 0 Å². The van der Waals surface area contributed by atoms with Gasteiger partial charge in [0, 0.05) is 77.1 Å². The summed E-state index contributed by atoms with van der Waals surface area (Å²) in [4.78, 5) is 27.8. The first-order valence-electron chi connectivity index (χ1n) is 11.8. The first kappa shape index (κ1) is 23.0. The summed E-state index contributed by atoms with van der Waals surface area (Å²) < 4.78 is 0. The maximum atomic E-state index is 11.5. The van der Waals surface area contributed by atoms with Crippen LogP contribution in [0.1, 0.15) is 24.0 Å². The zero-order valence-electron chi connectivity index (χ0n) is 19.5. The lowest BCUT2D eigenvalue weighted by atomic mass is 9.96. The Kier molecular flexibility index (Phi) is 7.78. The number of primary amides is 1. The van der Waals surface area contributed by atoms with Crippen LogP contribution in [0.15, 0.2) is 53.7 Å². The number of nitrogens with two attached hydrogens (primary N) is 1.